The lowest BCUT2D eigenvalue weighted by atomic mass is 10.1. The number of thiazole rings is 1. The Bertz CT molecular complexity index is 741. The summed E-state index contributed by atoms with van der Waals surface area (Å²) in [6.07, 6.45) is -1.38. The molecule has 0 aliphatic carbocycles. The van der Waals surface area contributed by atoms with Crippen molar-refractivity contribution in [1.29, 1.82) is 0 Å². The van der Waals surface area contributed by atoms with Crippen molar-refractivity contribution in [2.45, 2.75) is 31.6 Å². The average molecular weight is 343 g/mol. The largest absolute Gasteiger partial charge is 0.387 e. The Morgan fingerprint density at radius 2 is 2.00 bits per heavy atom. The molecule has 1 aromatic heterocycles. The van der Waals surface area contributed by atoms with Gasteiger partial charge in [0.25, 0.3) is 0 Å². The Balaban J connectivity index is 2.09. The van der Waals surface area contributed by atoms with Crippen molar-refractivity contribution in [3.63, 3.8) is 0 Å². The van der Waals surface area contributed by atoms with E-state index in [0.29, 0.717) is 5.69 Å². The van der Waals surface area contributed by atoms with Crippen molar-refractivity contribution < 1.29 is 17.9 Å². The molecule has 0 amide bonds. The van der Waals surface area contributed by atoms with Crippen LogP contribution in [0.2, 0.25) is 0 Å². The van der Waals surface area contributed by atoms with Crippen LogP contribution in [0.1, 0.15) is 42.1 Å². The molecule has 0 bridgehead atoms. The van der Waals surface area contributed by atoms with Crippen LogP contribution < -0.4 is 0 Å². The van der Waals surface area contributed by atoms with Crippen LogP contribution in [0.5, 0.6) is 0 Å². The van der Waals surface area contributed by atoms with Gasteiger partial charge in [-0.2, -0.15) is 0 Å². The first-order valence-electron chi connectivity index (χ1n) is 6.85. The van der Waals surface area contributed by atoms with E-state index in [-0.39, 0.29) is 17.2 Å². The minimum Gasteiger partial charge on any atom is -0.387 e. The van der Waals surface area contributed by atoms with Gasteiger partial charge in [-0.25, -0.2) is 17.8 Å². The Morgan fingerprint density at radius 3 is 2.59 bits per heavy atom. The second-order valence-electron chi connectivity index (χ2n) is 5.42. The quantitative estimate of drug-likeness (QED) is 0.875. The summed E-state index contributed by atoms with van der Waals surface area (Å²) in [6.45, 7) is 3.97. The Morgan fingerprint density at radius 1 is 1.32 bits per heavy atom. The zero-order valence-corrected chi connectivity index (χ0v) is 14.0. The van der Waals surface area contributed by atoms with E-state index in [1.165, 1.54) is 29.5 Å². The molecule has 0 spiro atoms. The number of hydrogen-bond acceptors (Lipinski definition) is 5. The summed E-state index contributed by atoms with van der Waals surface area (Å²) in [5.41, 5.74) is 0.460. The van der Waals surface area contributed by atoms with E-state index in [0.717, 1.165) is 5.01 Å². The van der Waals surface area contributed by atoms with E-state index in [1.54, 1.807) is 11.4 Å². The van der Waals surface area contributed by atoms with Crippen molar-refractivity contribution in [2.24, 2.45) is 0 Å². The zero-order chi connectivity index (χ0) is 16.3. The van der Waals surface area contributed by atoms with Gasteiger partial charge in [0.1, 0.15) is 5.82 Å². The van der Waals surface area contributed by atoms with E-state index >= 15 is 0 Å². The number of halogens is 1. The number of sulfone groups is 1. The van der Waals surface area contributed by atoms with Crippen LogP contribution in [0.4, 0.5) is 4.39 Å². The molecule has 2 rings (SSSR count). The smallest absolute Gasteiger partial charge is 0.158 e. The number of aliphatic hydroxyl groups is 1. The highest BCUT2D eigenvalue weighted by atomic mass is 32.2. The highest BCUT2D eigenvalue weighted by Crippen LogP contribution is 2.23. The molecule has 1 heterocycles. The molecule has 1 unspecified atom stereocenters. The molecule has 0 fully saturated rings. The van der Waals surface area contributed by atoms with Crippen LogP contribution in [0.25, 0.3) is 0 Å². The van der Waals surface area contributed by atoms with Gasteiger partial charge in [0.05, 0.1) is 28.3 Å². The molecule has 22 heavy (non-hydrogen) atoms. The van der Waals surface area contributed by atoms with Crippen LogP contribution >= 0.6 is 11.3 Å². The van der Waals surface area contributed by atoms with E-state index in [1.807, 2.05) is 13.8 Å². The number of nitrogens with zero attached hydrogens (tertiary/aromatic N) is 1. The van der Waals surface area contributed by atoms with Crippen molar-refractivity contribution >= 4 is 21.2 Å². The molecule has 4 nitrogen and oxygen atoms in total. The first-order chi connectivity index (χ1) is 10.3. The standard InChI is InChI=1S/C15H18FNO3S2/c1-10(2)15-17-11(7-21-15)8-22(19,20)9-14(18)12-5-3-4-6-13(12)16/h3-7,10,14,18H,8-9H2,1-2H3. The Hall–Kier alpha value is -1.31. The highest BCUT2D eigenvalue weighted by molar-refractivity contribution is 7.90. The fraction of sp³-hybridized carbons (Fsp3) is 0.400. The van der Waals surface area contributed by atoms with Gasteiger partial charge in [-0.3, -0.25) is 0 Å². The van der Waals surface area contributed by atoms with Crippen molar-refractivity contribution in [3.8, 4) is 0 Å². The summed E-state index contributed by atoms with van der Waals surface area (Å²) in [4.78, 5) is 4.28. The molecule has 0 aliphatic rings. The predicted octanol–water partition coefficient (Wildman–Crippen LogP) is 3.05. The number of rotatable bonds is 6. The molecule has 1 aromatic carbocycles. The van der Waals surface area contributed by atoms with Crippen molar-refractivity contribution in [3.05, 3.63) is 51.7 Å². The third-order valence-corrected chi connectivity index (χ3v) is 5.86. The lowest BCUT2D eigenvalue weighted by molar-refractivity contribution is 0.196. The second-order valence-corrected chi connectivity index (χ2v) is 8.42. The Kier molecular flexibility index (Phi) is 5.31. The molecular formula is C15H18FNO3S2. The van der Waals surface area contributed by atoms with Gasteiger partial charge in [0.2, 0.25) is 0 Å². The minimum absolute atomic E-state index is 0.00720. The van der Waals surface area contributed by atoms with Crippen LogP contribution in [-0.4, -0.2) is 24.3 Å². The van der Waals surface area contributed by atoms with Gasteiger partial charge < -0.3 is 5.11 Å². The minimum atomic E-state index is -3.58. The van der Waals surface area contributed by atoms with Gasteiger partial charge >= 0.3 is 0 Å². The van der Waals surface area contributed by atoms with Crippen LogP contribution in [-0.2, 0) is 15.6 Å². The summed E-state index contributed by atoms with van der Waals surface area (Å²) in [5.74, 6) is -1.14. The highest BCUT2D eigenvalue weighted by Gasteiger charge is 2.22. The molecule has 2 aromatic rings. The van der Waals surface area contributed by atoms with Crippen molar-refractivity contribution in [2.75, 3.05) is 5.75 Å². The maximum atomic E-state index is 13.6. The maximum Gasteiger partial charge on any atom is 0.158 e. The molecule has 0 radical (unpaired) electrons. The first kappa shape index (κ1) is 17.1. The average Bonchev–Trinajstić information content (AvgIpc) is 2.86. The van der Waals surface area contributed by atoms with Crippen LogP contribution in [0, 0.1) is 5.82 Å². The molecule has 0 saturated carbocycles. The SMILES string of the molecule is CC(C)c1nc(CS(=O)(=O)CC(O)c2ccccc2F)cs1. The summed E-state index contributed by atoms with van der Waals surface area (Å²) in [6, 6.07) is 5.63. The molecule has 0 aliphatic heterocycles. The van der Waals surface area contributed by atoms with E-state index in [4.69, 9.17) is 0 Å². The van der Waals surface area contributed by atoms with Gasteiger partial charge in [-0.05, 0) is 6.07 Å². The van der Waals surface area contributed by atoms with Gasteiger partial charge in [-0.15, -0.1) is 11.3 Å². The van der Waals surface area contributed by atoms with Gasteiger partial charge in [0, 0.05) is 16.9 Å². The monoisotopic (exact) mass is 343 g/mol. The van der Waals surface area contributed by atoms with E-state index < -0.39 is 27.5 Å². The fourth-order valence-corrected chi connectivity index (χ4v) is 4.33. The number of benzene rings is 1. The Labute approximate surface area is 133 Å². The normalized spacial score (nSPS) is 13.5. The molecule has 1 N–H and O–H groups in total. The number of aliphatic hydroxyl groups excluding tert-OH is 1. The predicted molar refractivity (Wildman–Crippen MR) is 85.1 cm³/mol. The van der Waals surface area contributed by atoms with E-state index in [9.17, 15) is 17.9 Å². The number of hydrogen-bond donors (Lipinski definition) is 1. The first-order valence-corrected chi connectivity index (χ1v) is 9.56. The summed E-state index contributed by atoms with van der Waals surface area (Å²) < 4.78 is 37.9. The molecule has 0 saturated heterocycles. The van der Waals surface area contributed by atoms with Crippen LogP contribution in [0.3, 0.4) is 0 Å². The summed E-state index contributed by atoms with van der Waals surface area (Å²) in [7, 11) is -3.58. The number of aromatic nitrogens is 1. The molecule has 1 atom stereocenters. The van der Waals surface area contributed by atoms with Gasteiger partial charge in [0.15, 0.2) is 9.84 Å². The summed E-state index contributed by atoms with van der Waals surface area (Å²) in [5, 5.41) is 12.6. The molecule has 7 heteroatoms. The zero-order valence-electron chi connectivity index (χ0n) is 12.4. The van der Waals surface area contributed by atoms with Gasteiger partial charge in [-0.1, -0.05) is 32.0 Å². The van der Waals surface area contributed by atoms with Crippen LogP contribution in [0.15, 0.2) is 29.6 Å². The van der Waals surface area contributed by atoms with E-state index in [2.05, 4.69) is 4.98 Å². The molecule has 120 valence electrons. The maximum absolute atomic E-state index is 13.6. The second kappa shape index (κ2) is 6.85. The fourth-order valence-electron chi connectivity index (χ4n) is 2.01. The lowest BCUT2D eigenvalue weighted by Crippen LogP contribution is -2.17. The van der Waals surface area contributed by atoms with Crippen molar-refractivity contribution in [1.82, 2.24) is 4.98 Å². The topological polar surface area (TPSA) is 67.3 Å². The summed E-state index contributed by atoms with van der Waals surface area (Å²) >= 11 is 1.42. The third kappa shape index (κ3) is 4.34. The third-order valence-electron chi connectivity index (χ3n) is 3.11. The lowest BCUT2D eigenvalue weighted by Gasteiger charge is -2.11. The molecular weight excluding hydrogens is 325 g/mol.